The zero-order valence-corrected chi connectivity index (χ0v) is 13.9. The van der Waals surface area contributed by atoms with Crippen LogP contribution in [0.2, 0.25) is 0 Å². The van der Waals surface area contributed by atoms with E-state index < -0.39 is 0 Å². The Labute approximate surface area is 145 Å². The molecular formula is C18H17N5O2. The molecule has 3 heterocycles. The molecule has 4 rings (SSSR count). The quantitative estimate of drug-likeness (QED) is 0.782. The maximum atomic E-state index is 5.81. The fourth-order valence-electron chi connectivity index (χ4n) is 2.67. The monoisotopic (exact) mass is 335 g/mol. The van der Waals surface area contributed by atoms with Gasteiger partial charge in [0, 0.05) is 24.5 Å². The third-order valence-corrected chi connectivity index (χ3v) is 3.97. The van der Waals surface area contributed by atoms with Crippen molar-refractivity contribution in [3.8, 4) is 17.4 Å². The molecule has 3 aromatic rings. The molecule has 0 saturated carbocycles. The summed E-state index contributed by atoms with van der Waals surface area (Å²) in [6.07, 6.45) is 5.10. The Bertz CT molecular complexity index is 898. The summed E-state index contributed by atoms with van der Waals surface area (Å²) in [7, 11) is 1.64. The molecule has 0 fully saturated rings. The van der Waals surface area contributed by atoms with E-state index in [2.05, 4.69) is 20.3 Å². The Balaban J connectivity index is 1.53. The Kier molecular flexibility index (Phi) is 3.81. The van der Waals surface area contributed by atoms with Crippen LogP contribution >= 0.6 is 0 Å². The number of hydrogen-bond donors (Lipinski definition) is 1. The van der Waals surface area contributed by atoms with Gasteiger partial charge in [-0.15, -0.1) is 0 Å². The van der Waals surface area contributed by atoms with E-state index in [1.54, 1.807) is 25.7 Å². The van der Waals surface area contributed by atoms with E-state index in [0.717, 1.165) is 28.6 Å². The minimum absolute atomic E-state index is 0.515. The summed E-state index contributed by atoms with van der Waals surface area (Å²) in [5.41, 5.74) is 1.97. The van der Waals surface area contributed by atoms with Crippen LogP contribution < -0.4 is 19.7 Å². The molecule has 0 aliphatic carbocycles. The lowest BCUT2D eigenvalue weighted by atomic mass is 10.2. The van der Waals surface area contributed by atoms with Crippen molar-refractivity contribution in [3.05, 3.63) is 54.5 Å². The van der Waals surface area contributed by atoms with Gasteiger partial charge in [0.05, 0.1) is 25.7 Å². The third kappa shape index (κ3) is 2.91. The molecule has 25 heavy (non-hydrogen) atoms. The molecule has 0 amide bonds. The molecule has 0 radical (unpaired) electrons. The second kappa shape index (κ2) is 6.27. The lowest BCUT2D eigenvalue weighted by Gasteiger charge is -2.16. The summed E-state index contributed by atoms with van der Waals surface area (Å²) < 4.78 is 11.1. The Morgan fingerprint density at radius 1 is 1.08 bits per heavy atom. The highest BCUT2D eigenvalue weighted by molar-refractivity contribution is 5.74. The van der Waals surface area contributed by atoms with Gasteiger partial charge in [-0.25, -0.2) is 15.0 Å². The van der Waals surface area contributed by atoms with Crippen molar-refractivity contribution in [1.29, 1.82) is 0 Å². The molecule has 0 spiro atoms. The number of hydrogen-bond acceptors (Lipinski definition) is 7. The van der Waals surface area contributed by atoms with E-state index in [-0.39, 0.29) is 0 Å². The van der Waals surface area contributed by atoms with E-state index in [0.29, 0.717) is 18.3 Å². The number of anilines is 3. The van der Waals surface area contributed by atoms with Gasteiger partial charge in [-0.05, 0) is 24.6 Å². The number of rotatable bonds is 4. The zero-order chi connectivity index (χ0) is 17.2. The van der Waals surface area contributed by atoms with Crippen LogP contribution in [0.1, 0.15) is 5.56 Å². The van der Waals surface area contributed by atoms with Crippen molar-refractivity contribution < 1.29 is 9.47 Å². The van der Waals surface area contributed by atoms with Gasteiger partial charge in [-0.2, -0.15) is 0 Å². The smallest absolute Gasteiger partial charge is 0.219 e. The summed E-state index contributed by atoms with van der Waals surface area (Å²) >= 11 is 0. The number of ether oxygens (including phenoxy) is 2. The van der Waals surface area contributed by atoms with Crippen LogP contribution in [0, 0.1) is 6.92 Å². The summed E-state index contributed by atoms with van der Waals surface area (Å²) in [6.45, 7) is 2.59. The summed E-state index contributed by atoms with van der Waals surface area (Å²) in [6, 6.07) is 9.47. The Morgan fingerprint density at radius 3 is 2.76 bits per heavy atom. The number of pyridine rings is 1. The molecule has 1 aliphatic heterocycles. The van der Waals surface area contributed by atoms with Crippen LogP contribution in [-0.4, -0.2) is 28.7 Å². The van der Waals surface area contributed by atoms with Gasteiger partial charge in [0.25, 0.3) is 0 Å². The molecule has 1 N–H and O–H groups in total. The molecular weight excluding hydrogens is 318 g/mol. The van der Waals surface area contributed by atoms with Gasteiger partial charge < -0.3 is 19.7 Å². The van der Waals surface area contributed by atoms with E-state index in [1.807, 2.05) is 42.2 Å². The number of aromatic nitrogens is 3. The first-order valence-electron chi connectivity index (χ1n) is 7.85. The Morgan fingerprint density at radius 2 is 1.96 bits per heavy atom. The van der Waals surface area contributed by atoms with E-state index in [1.165, 1.54) is 0 Å². The maximum absolute atomic E-state index is 5.81. The summed E-state index contributed by atoms with van der Waals surface area (Å²) in [5.74, 6) is 3.55. The van der Waals surface area contributed by atoms with Gasteiger partial charge >= 0.3 is 0 Å². The molecule has 0 saturated heterocycles. The molecule has 7 nitrogen and oxygen atoms in total. The topological polar surface area (TPSA) is 72.4 Å². The molecule has 1 aliphatic rings. The molecule has 0 unspecified atom stereocenters. The van der Waals surface area contributed by atoms with Crippen molar-refractivity contribution in [2.24, 2.45) is 0 Å². The average Bonchev–Trinajstić information content (AvgIpc) is 3.08. The summed E-state index contributed by atoms with van der Waals surface area (Å²) in [5, 5.41) is 3.20. The SMILES string of the molecule is COc1cc(Oc2ccc(N3CNc4nccnc43)cn2)ccc1C. The normalized spacial score (nSPS) is 12.5. The van der Waals surface area contributed by atoms with Crippen molar-refractivity contribution in [3.63, 3.8) is 0 Å². The van der Waals surface area contributed by atoms with Gasteiger partial charge in [-0.3, -0.25) is 0 Å². The number of aryl methyl sites for hydroxylation is 1. The first-order valence-corrected chi connectivity index (χ1v) is 7.85. The van der Waals surface area contributed by atoms with Crippen LogP contribution in [0.4, 0.5) is 17.3 Å². The fourth-order valence-corrected chi connectivity index (χ4v) is 2.67. The fraction of sp³-hybridized carbons (Fsp3) is 0.167. The number of methoxy groups -OCH3 is 1. The highest BCUT2D eigenvalue weighted by atomic mass is 16.5. The average molecular weight is 335 g/mol. The van der Waals surface area contributed by atoms with Crippen molar-refractivity contribution >= 4 is 17.3 Å². The van der Waals surface area contributed by atoms with Crippen LogP contribution in [0.5, 0.6) is 17.4 Å². The highest BCUT2D eigenvalue weighted by Crippen LogP contribution is 2.33. The molecule has 0 bridgehead atoms. The largest absolute Gasteiger partial charge is 0.496 e. The minimum atomic E-state index is 0.515. The highest BCUT2D eigenvalue weighted by Gasteiger charge is 2.22. The van der Waals surface area contributed by atoms with Crippen LogP contribution in [-0.2, 0) is 0 Å². The predicted octanol–water partition coefficient (Wildman–Crippen LogP) is 3.50. The molecule has 126 valence electrons. The molecule has 1 aromatic carbocycles. The lowest BCUT2D eigenvalue weighted by molar-refractivity contribution is 0.404. The summed E-state index contributed by atoms with van der Waals surface area (Å²) in [4.78, 5) is 15.0. The van der Waals surface area contributed by atoms with Crippen molar-refractivity contribution in [1.82, 2.24) is 15.0 Å². The standard InChI is InChI=1S/C18H17N5O2/c1-12-3-5-14(9-15(12)24-2)25-16-6-4-13(10-21-16)23-11-22-17-18(23)20-8-7-19-17/h3-10H,11H2,1-2H3,(H,19,22). The number of nitrogens with zero attached hydrogens (tertiary/aromatic N) is 4. The van der Waals surface area contributed by atoms with Crippen LogP contribution in [0.3, 0.4) is 0 Å². The maximum Gasteiger partial charge on any atom is 0.219 e. The van der Waals surface area contributed by atoms with Crippen molar-refractivity contribution in [2.75, 3.05) is 24.0 Å². The van der Waals surface area contributed by atoms with Gasteiger partial charge in [0.2, 0.25) is 5.88 Å². The van der Waals surface area contributed by atoms with E-state index >= 15 is 0 Å². The van der Waals surface area contributed by atoms with E-state index in [4.69, 9.17) is 9.47 Å². The van der Waals surface area contributed by atoms with Gasteiger partial charge in [-0.1, -0.05) is 6.07 Å². The first-order chi connectivity index (χ1) is 12.2. The van der Waals surface area contributed by atoms with Crippen LogP contribution in [0.15, 0.2) is 48.9 Å². The second-order valence-corrected chi connectivity index (χ2v) is 5.58. The molecule has 7 heteroatoms. The zero-order valence-electron chi connectivity index (χ0n) is 13.9. The lowest BCUT2D eigenvalue weighted by Crippen LogP contribution is -2.17. The Hall–Kier alpha value is -3.35. The number of nitrogens with one attached hydrogen (secondary N) is 1. The number of fused-ring (bicyclic) bond motifs is 1. The van der Waals surface area contributed by atoms with Crippen molar-refractivity contribution in [2.45, 2.75) is 6.92 Å². The first kappa shape index (κ1) is 15.2. The van der Waals surface area contributed by atoms with E-state index in [9.17, 15) is 0 Å². The van der Waals surface area contributed by atoms with Gasteiger partial charge in [0.1, 0.15) is 11.5 Å². The molecule has 2 aromatic heterocycles. The number of benzene rings is 1. The minimum Gasteiger partial charge on any atom is -0.496 e. The molecule has 0 atom stereocenters. The second-order valence-electron chi connectivity index (χ2n) is 5.58. The van der Waals surface area contributed by atoms with Crippen LogP contribution in [0.25, 0.3) is 0 Å². The third-order valence-electron chi connectivity index (χ3n) is 3.97. The van der Waals surface area contributed by atoms with Gasteiger partial charge in [0.15, 0.2) is 11.6 Å². The predicted molar refractivity (Wildman–Crippen MR) is 94.7 cm³/mol.